The van der Waals surface area contributed by atoms with E-state index in [1.54, 1.807) is 43.5 Å². The fourth-order valence-electron chi connectivity index (χ4n) is 3.17. The van der Waals surface area contributed by atoms with E-state index in [0.29, 0.717) is 28.5 Å². The zero-order valence-electron chi connectivity index (χ0n) is 15.3. The minimum Gasteiger partial charge on any atom is -0.444 e. The van der Waals surface area contributed by atoms with Crippen molar-refractivity contribution in [3.8, 4) is 11.1 Å². The molecule has 0 fully saturated rings. The number of nitrogens with zero attached hydrogens (tertiary/aromatic N) is 2. The number of hydrogen-bond donors (Lipinski definition) is 1. The Morgan fingerprint density at radius 1 is 1.26 bits per heavy atom. The summed E-state index contributed by atoms with van der Waals surface area (Å²) in [6, 6.07) is 6.65. The summed E-state index contributed by atoms with van der Waals surface area (Å²) in [7, 11) is 0. The van der Waals surface area contributed by atoms with E-state index in [2.05, 4.69) is 0 Å². The van der Waals surface area contributed by atoms with Crippen molar-refractivity contribution in [2.24, 2.45) is 5.73 Å². The first-order valence-electron chi connectivity index (χ1n) is 8.52. The van der Waals surface area contributed by atoms with Gasteiger partial charge in [-0.25, -0.2) is 9.18 Å². The number of hydrogen-bond acceptors (Lipinski definition) is 3. The number of halogens is 2. The number of nitrogens with two attached hydrogens (primary N) is 1. The van der Waals surface area contributed by atoms with Crippen molar-refractivity contribution in [3.05, 3.63) is 47.0 Å². The summed E-state index contributed by atoms with van der Waals surface area (Å²) in [5, 5.41) is 0.366. The highest BCUT2D eigenvalue weighted by Gasteiger charge is 2.39. The molecule has 2 aromatic rings. The van der Waals surface area contributed by atoms with E-state index < -0.39 is 29.5 Å². The Hall–Kier alpha value is -2.54. The molecule has 1 unspecified atom stereocenters. The SMILES string of the molecule is CC(C)(C)OC(=O)N1CCn2c(cc(-c3cccc(F)c3)c2Cl)C1C(N)=O. The van der Waals surface area contributed by atoms with E-state index in [-0.39, 0.29) is 6.54 Å². The maximum Gasteiger partial charge on any atom is 0.411 e. The van der Waals surface area contributed by atoms with Gasteiger partial charge in [0.1, 0.15) is 16.6 Å². The third kappa shape index (κ3) is 3.78. The van der Waals surface area contributed by atoms with Crippen LogP contribution in [0.15, 0.2) is 30.3 Å². The van der Waals surface area contributed by atoms with Gasteiger partial charge in [-0.05, 0) is 44.5 Å². The van der Waals surface area contributed by atoms with Crippen LogP contribution in [-0.4, -0.2) is 33.6 Å². The van der Waals surface area contributed by atoms with E-state index in [9.17, 15) is 14.0 Å². The van der Waals surface area contributed by atoms with Gasteiger partial charge in [-0.15, -0.1) is 0 Å². The summed E-state index contributed by atoms with van der Waals surface area (Å²) in [5.74, 6) is -1.09. The molecule has 2 amide bonds. The average Bonchev–Trinajstić information content (AvgIpc) is 2.89. The van der Waals surface area contributed by atoms with E-state index in [1.165, 1.54) is 17.0 Å². The molecular formula is C19H21ClFN3O3. The first-order valence-corrected chi connectivity index (χ1v) is 8.90. The van der Waals surface area contributed by atoms with Gasteiger partial charge < -0.3 is 15.0 Å². The molecule has 0 aliphatic carbocycles. The molecule has 0 saturated heterocycles. The predicted octanol–water partition coefficient (Wildman–Crippen LogP) is 3.72. The molecule has 0 saturated carbocycles. The molecule has 1 aliphatic heterocycles. The molecule has 0 radical (unpaired) electrons. The summed E-state index contributed by atoms with van der Waals surface area (Å²) in [4.78, 5) is 26.0. The number of ether oxygens (including phenoxy) is 1. The molecule has 1 atom stereocenters. The summed E-state index contributed by atoms with van der Waals surface area (Å²) in [6.45, 7) is 5.82. The normalized spacial score (nSPS) is 16.8. The minimum absolute atomic E-state index is 0.215. The van der Waals surface area contributed by atoms with Crippen LogP contribution in [0.5, 0.6) is 0 Å². The molecule has 8 heteroatoms. The molecule has 3 rings (SSSR count). The summed E-state index contributed by atoms with van der Waals surface area (Å²) >= 11 is 6.49. The van der Waals surface area contributed by atoms with Gasteiger partial charge in [0, 0.05) is 18.7 Å². The van der Waals surface area contributed by atoms with Crippen LogP contribution in [0, 0.1) is 5.82 Å². The van der Waals surface area contributed by atoms with E-state index in [0.717, 1.165) is 0 Å². The monoisotopic (exact) mass is 393 g/mol. The van der Waals surface area contributed by atoms with E-state index in [4.69, 9.17) is 22.1 Å². The Balaban J connectivity index is 2.03. The molecule has 1 aromatic carbocycles. The van der Waals surface area contributed by atoms with Gasteiger partial charge in [-0.3, -0.25) is 9.69 Å². The number of primary amides is 1. The smallest absolute Gasteiger partial charge is 0.411 e. The van der Waals surface area contributed by atoms with Crippen LogP contribution in [0.4, 0.5) is 9.18 Å². The largest absolute Gasteiger partial charge is 0.444 e. The first kappa shape index (κ1) is 19.2. The van der Waals surface area contributed by atoms with Gasteiger partial charge in [0.25, 0.3) is 0 Å². The molecule has 144 valence electrons. The molecule has 2 heterocycles. The highest BCUT2D eigenvalue weighted by molar-refractivity contribution is 6.32. The summed E-state index contributed by atoms with van der Waals surface area (Å²) in [6.07, 6.45) is -0.623. The van der Waals surface area contributed by atoms with Crippen LogP contribution in [-0.2, 0) is 16.1 Å². The highest BCUT2D eigenvalue weighted by Crippen LogP contribution is 2.38. The second kappa shape index (κ2) is 6.88. The lowest BCUT2D eigenvalue weighted by atomic mass is 10.1. The molecule has 27 heavy (non-hydrogen) atoms. The van der Waals surface area contributed by atoms with Crippen LogP contribution >= 0.6 is 11.6 Å². The van der Waals surface area contributed by atoms with Crippen molar-refractivity contribution >= 4 is 23.6 Å². The second-order valence-electron chi connectivity index (χ2n) is 7.41. The van der Waals surface area contributed by atoms with Crippen molar-refractivity contribution in [2.45, 2.75) is 39.0 Å². The van der Waals surface area contributed by atoms with Gasteiger partial charge >= 0.3 is 6.09 Å². The number of rotatable bonds is 2. The lowest BCUT2D eigenvalue weighted by molar-refractivity contribution is -0.124. The summed E-state index contributed by atoms with van der Waals surface area (Å²) in [5.41, 5.74) is 6.51. The Morgan fingerprint density at radius 2 is 1.96 bits per heavy atom. The van der Waals surface area contributed by atoms with Gasteiger partial charge in [-0.1, -0.05) is 23.7 Å². The molecular weight excluding hydrogens is 373 g/mol. The Morgan fingerprint density at radius 3 is 2.56 bits per heavy atom. The maximum atomic E-state index is 13.6. The highest BCUT2D eigenvalue weighted by atomic mass is 35.5. The molecule has 1 aliphatic rings. The van der Waals surface area contributed by atoms with Crippen molar-refractivity contribution < 1.29 is 18.7 Å². The fourth-order valence-corrected chi connectivity index (χ4v) is 3.52. The topological polar surface area (TPSA) is 77.6 Å². The van der Waals surface area contributed by atoms with E-state index in [1.807, 2.05) is 0 Å². The average molecular weight is 394 g/mol. The van der Waals surface area contributed by atoms with Crippen molar-refractivity contribution in [3.63, 3.8) is 0 Å². The standard InChI is InChI=1S/C19H21ClFN3O3/c1-19(2,3)27-18(26)24-8-7-23-14(15(24)17(22)25)10-13(16(23)20)11-5-4-6-12(21)9-11/h4-6,9-10,15H,7-8H2,1-3H3,(H2,22,25). The maximum absolute atomic E-state index is 13.6. The van der Waals surface area contributed by atoms with Crippen molar-refractivity contribution in [2.75, 3.05) is 6.54 Å². The Labute approximate surface area is 161 Å². The van der Waals surface area contributed by atoms with E-state index >= 15 is 0 Å². The third-order valence-electron chi connectivity index (χ3n) is 4.25. The van der Waals surface area contributed by atoms with Gasteiger partial charge in [0.15, 0.2) is 6.04 Å². The van der Waals surface area contributed by atoms with Crippen LogP contribution in [0.3, 0.4) is 0 Å². The fraction of sp³-hybridized carbons (Fsp3) is 0.368. The van der Waals surface area contributed by atoms with Crippen LogP contribution in [0.2, 0.25) is 5.15 Å². The lowest BCUT2D eigenvalue weighted by Gasteiger charge is -2.36. The Bertz CT molecular complexity index is 904. The quantitative estimate of drug-likeness (QED) is 0.844. The number of aromatic nitrogens is 1. The number of amides is 2. The number of benzene rings is 1. The summed E-state index contributed by atoms with van der Waals surface area (Å²) < 4.78 is 20.7. The van der Waals surface area contributed by atoms with Crippen LogP contribution < -0.4 is 5.73 Å². The molecule has 6 nitrogen and oxygen atoms in total. The molecule has 0 bridgehead atoms. The first-order chi connectivity index (χ1) is 12.6. The second-order valence-corrected chi connectivity index (χ2v) is 7.77. The Kier molecular flexibility index (Phi) is 4.90. The van der Waals surface area contributed by atoms with Gasteiger partial charge in [0.2, 0.25) is 5.91 Å². The molecule has 2 N–H and O–H groups in total. The van der Waals surface area contributed by atoms with Crippen LogP contribution in [0.25, 0.3) is 11.1 Å². The van der Waals surface area contributed by atoms with Crippen molar-refractivity contribution in [1.82, 2.24) is 9.47 Å². The van der Waals surface area contributed by atoms with Gasteiger partial charge in [0.05, 0.1) is 5.69 Å². The zero-order chi connectivity index (χ0) is 19.9. The third-order valence-corrected chi connectivity index (χ3v) is 4.66. The van der Waals surface area contributed by atoms with Gasteiger partial charge in [-0.2, -0.15) is 0 Å². The number of carbonyl (C=O) groups excluding carboxylic acids is 2. The zero-order valence-corrected chi connectivity index (χ0v) is 16.1. The number of carbonyl (C=O) groups is 2. The van der Waals surface area contributed by atoms with Crippen molar-refractivity contribution in [1.29, 1.82) is 0 Å². The molecule has 1 aromatic heterocycles. The molecule has 0 spiro atoms. The number of fused-ring (bicyclic) bond motifs is 1. The lowest BCUT2D eigenvalue weighted by Crippen LogP contribution is -2.48. The van der Waals surface area contributed by atoms with Crippen LogP contribution in [0.1, 0.15) is 32.5 Å². The minimum atomic E-state index is -1.02. The predicted molar refractivity (Wildman–Crippen MR) is 99.7 cm³/mol.